The molecule has 1 rings (SSSR count). The molecule has 0 aliphatic rings. The van der Waals surface area contributed by atoms with Crippen LogP contribution < -0.4 is 5.34 Å². The molecule has 1 aromatic heterocycles. The van der Waals surface area contributed by atoms with Gasteiger partial charge in [-0.25, -0.2) is 0 Å². The molecule has 0 aliphatic heterocycles. The number of nitrogens with zero attached hydrogens (tertiary/aromatic N) is 1. The van der Waals surface area contributed by atoms with Gasteiger partial charge in [0, 0.05) is 16.9 Å². The predicted molar refractivity (Wildman–Crippen MR) is 29.8 cm³/mol. The van der Waals surface area contributed by atoms with Crippen molar-refractivity contribution in [3.05, 3.63) is 27.2 Å². The third-order valence-corrected chi connectivity index (χ3v) is 0.869. The average Bonchev–Trinajstić information content (AvgIpc) is 2.17. The van der Waals surface area contributed by atoms with Crippen molar-refractivity contribution in [2.24, 2.45) is 0 Å². The fourth-order valence-electron chi connectivity index (χ4n) is 0.176. The molecular formula is C3H4N2O2S. The van der Waals surface area contributed by atoms with Gasteiger partial charge in [-0.15, -0.1) is 11.3 Å². The highest BCUT2D eigenvalue weighted by molar-refractivity contribution is 7.07. The zero-order valence-corrected chi connectivity index (χ0v) is 4.72. The number of nitrogens with one attached hydrogen (secondary N) is 1. The van der Waals surface area contributed by atoms with Crippen molar-refractivity contribution >= 4 is 11.3 Å². The highest BCUT2D eigenvalue weighted by atomic mass is 32.1. The summed E-state index contributed by atoms with van der Waals surface area (Å²) in [7, 11) is 0. The van der Waals surface area contributed by atoms with E-state index in [0.717, 1.165) is 0 Å². The lowest BCUT2D eigenvalue weighted by Crippen LogP contribution is -2.53. The van der Waals surface area contributed by atoms with Crippen molar-refractivity contribution in [3.63, 3.8) is 0 Å². The van der Waals surface area contributed by atoms with Gasteiger partial charge in [0.05, 0.1) is 5.51 Å². The fourth-order valence-corrected chi connectivity index (χ4v) is 0.527. The lowest BCUT2D eigenvalue weighted by atomic mass is 11.0. The minimum Gasteiger partial charge on any atom is -0.267 e. The van der Waals surface area contributed by atoms with Gasteiger partial charge in [0.1, 0.15) is 0 Å². The molecule has 0 spiro atoms. The van der Waals surface area contributed by atoms with Crippen molar-refractivity contribution < 1.29 is 5.34 Å². The van der Waals surface area contributed by atoms with Gasteiger partial charge >= 0.3 is 0 Å². The van der Waals surface area contributed by atoms with Crippen LogP contribution in [0.3, 0.4) is 0 Å². The molecule has 0 radical (unpaired) electrons. The summed E-state index contributed by atoms with van der Waals surface area (Å²) in [5, 5.41) is 10.3. The summed E-state index contributed by atoms with van der Waals surface area (Å²) in [5.74, 6) is 0. The van der Waals surface area contributed by atoms with E-state index in [1.807, 2.05) is 5.38 Å². The van der Waals surface area contributed by atoms with E-state index in [0.29, 0.717) is 0 Å². The molecule has 0 atom stereocenters. The Morgan fingerprint density at radius 2 is 2.38 bits per heavy atom. The maximum atomic E-state index is 8.12. The first-order chi connectivity index (χ1) is 3.91. The summed E-state index contributed by atoms with van der Waals surface area (Å²) in [5.41, 5.74) is 1.79. The summed E-state index contributed by atoms with van der Waals surface area (Å²) >= 11 is 1.60. The summed E-state index contributed by atoms with van der Waals surface area (Å²) < 4.78 is 0. The Morgan fingerprint density at radius 1 is 1.75 bits per heavy atom. The Morgan fingerprint density at radius 3 is 2.50 bits per heavy atom. The molecule has 0 bridgehead atoms. The predicted octanol–water partition coefficient (Wildman–Crippen LogP) is -0.526. The molecule has 1 N–H and O–H groups in total. The second-order valence-corrected chi connectivity index (χ2v) is 1.51. The first kappa shape index (κ1) is 7.03. The molecule has 1 aromatic rings. The van der Waals surface area contributed by atoms with Gasteiger partial charge in [0.2, 0.25) is 0 Å². The van der Waals surface area contributed by atoms with E-state index in [2.05, 4.69) is 4.98 Å². The molecule has 5 heteroatoms. The van der Waals surface area contributed by atoms with E-state index in [1.54, 1.807) is 23.0 Å². The number of thiazole rings is 1. The van der Waals surface area contributed by atoms with Gasteiger partial charge in [0.25, 0.3) is 0 Å². The zero-order chi connectivity index (χ0) is 6.24. The zero-order valence-electron chi connectivity index (χ0n) is 3.90. The number of rotatable bonds is 0. The summed E-state index contributed by atoms with van der Waals surface area (Å²) in [6.07, 6.45) is 1.77. The molecule has 1 heterocycles. The molecule has 0 amide bonds. The lowest BCUT2D eigenvalue weighted by Gasteiger charge is -1.41. The van der Waals surface area contributed by atoms with Crippen molar-refractivity contribution in [3.8, 4) is 0 Å². The minimum absolute atomic E-state index is 0.250. The first-order valence-corrected chi connectivity index (χ1v) is 2.67. The molecule has 0 saturated heterocycles. The van der Waals surface area contributed by atoms with E-state index in [1.165, 1.54) is 0 Å². The van der Waals surface area contributed by atoms with E-state index in [9.17, 15) is 0 Å². The monoisotopic (exact) mass is 132 g/mol. The van der Waals surface area contributed by atoms with Crippen LogP contribution in [0.15, 0.2) is 17.1 Å². The Hall–Kier alpha value is -0.970. The van der Waals surface area contributed by atoms with Crippen LogP contribution in [0.5, 0.6) is 0 Å². The van der Waals surface area contributed by atoms with Crippen molar-refractivity contribution in [2.75, 3.05) is 0 Å². The van der Waals surface area contributed by atoms with Crippen LogP contribution in [0.25, 0.3) is 0 Å². The number of aromatic nitrogens is 1. The Balaban J connectivity index is 0.000000145. The molecule has 0 aliphatic carbocycles. The van der Waals surface area contributed by atoms with Gasteiger partial charge in [-0.3, -0.25) is 15.1 Å². The average molecular weight is 132 g/mol. The minimum atomic E-state index is 0.250. The standard InChI is InChI=1S/C3H3NS.HNO2/c1-2-5-3-4-1;2-1-3/h1-3H;1H. The molecule has 0 aromatic carbocycles. The van der Waals surface area contributed by atoms with Gasteiger partial charge in [-0.05, 0) is 0 Å². The lowest BCUT2D eigenvalue weighted by molar-refractivity contribution is -0.398. The Bertz CT molecular complexity index is 102. The highest BCUT2D eigenvalue weighted by Crippen LogP contribution is 1.85. The van der Waals surface area contributed by atoms with Gasteiger partial charge < -0.3 is 0 Å². The maximum absolute atomic E-state index is 8.12. The smallest absolute Gasteiger partial charge is 0.0791 e. The van der Waals surface area contributed by atoms with Crippen LogP contribution in [-0.2, 0) is 0 Å². The normalized spacial score (nSPS) is 6.50. The summed E-state index contributed by atoms with van der Waals surface area (Å²) in [6, 6.07) is 0. The molecular weight excluding hydrogens is 128 g/mol. The van der Waals surface area contributed by atoms with Crippen molar-refractivity contribution in [1.29, 1.82) is 0 Å². The Labute approximate surface area is 49.7 Å². The molecule has 8 heavy (non-hydrogen) atoms. The summed E-state index contributed by atoms with van der Waals surface area (Å²) in [6.45, 7) is 0. The van der Waals surface area contributed by atoms with Crippen LogP contribution >= 0.6 is 11.3 Å². The topological polar surface area (TPSA) is 67.0 Å². The van der Waals surface area contributed by atoms with E-state index in [-0.39, 0.29) is 5.34 Å². The second-order valence-electron chi connectivity index (χ2n) is 0.759. The fraction of sp³-hybridized carbons (Fsp3) is 0. The van der Waals surface area contributed by atoms with Crippen LogP contribution in [0.4, 0.5) is 0 Å². The molecule has 0 fully saturated rings. The third-order valence-electron chi connectivity index (χ3n) is 0.347. The van der Waals surface area contributed by atoms with Crippen LogP contribution in [-0.4, -0.2) is 4.98 Å². The highest BCUT2D eigenvalue weighted by Gasteiger charge is 1.59. The van der Waals surface area contributed by atoms with Gasteiger partial charge in [0.15, 0.2) is 0 Å². The largest absolute Gasteiger partial charge is 0.267 e. The van der Waals surface area contributed by atoms with Crippen LogP contribution in [0.1, 0.15) is 0 Å². The third kappa shape index (κ3) is 5.03. The summed E-state index contributed by atoms with van der Waals surface area (Å²) in [4.78, 5) is 11.9. The SMILES string of the molecule is O=[NH+][O-].c1cscn1. The quantitative estimate of drug-likeness (QED) is 0.381. The van der Waals surface area contributed by atoms with Crippen molar-refractivity contribution in [1.82, 2.24) is 4.98 Å². The van der Waals surface area contributed by atoms with E-state index in [4.69, 9.17) is 10.1 Å². The van der Waals surface area contributed by atoms with Gasteiger partial charge in [-0.2, -0.15) is 0 Å². The molecule has 0 saturated carbocycles. The molecule has 44 valence electrons. The number of hydrogen-bond donors (Lipinski definition) is 1. The van der Waals surface area contributed by atoms with Gasteiger partial charge in [-0.1, -0.05) is 0 Å². The van der Waals surface area contributed by atoms with Crippen LogP contribution in [0.2, 0.25) is 0 Å². The Kier molecular flexibility index (Phi) is 5.30. The van der Waals surface area contributed by atoms with Crippen LogP contribution in [0, 0.1) is 10.1 Å². The molecule has 4 nitrogen and oxygen atoms in total. The van der Waals surface area contributed by atoms with Crippen molar-refractivity contribution in [2.45, 2.75) is 0 Å². The second kappa shape index (κ2) is 6.03. The maximum Gasteiger partial charge on any atom is 0.0791 e. The molecule has 0 unspecified atom stereocenters. The van der Waals surface area contributed by atoms with E-state index < -0.39 is 0 Å². The number of hydrogen-bond acceptors (Lipinski definition) is 4. The first-order valence-electron chi connectivity index (χ1n) is 1.73. The van der Waals surface area contributed by atoms with E-state index >= 15 is 0 Å².